The quantitative estimate of drug-likeness (QED) is 0.843. The predicted octanol–water partition coefficient (Wildman–Crippen LogP) is 2.85. The Kier molecular flexibility index (Phi) is 6.23. The highest BCUT2D eigenvalue weighted by Gasteiger charge is 2.28. The molecule has 0 spiro atoms. The summed E-state index contributed by atoms with van der Waals surface area (Å²) in [6, 6.07) is 7.30. The minimum atomic E-state index is -0.472. The summed E-state index contributed by atoms with van der Waals surface area (Å²) in [6.45, 7) is 4.17. The van der Waals surface area contributed by atoms with Gasteiger partial charge in [0.05, 0.1) is 5.56 Å². The summed E-state index contributed by atoms with van der Waals surface area (Å²) in [6.07, 6.45) is 3.34. The Morgan fingerprint density at radius 2 is 1.83 bits per heavy atom. The molecule has 1 aromatic carbocycles. The van der Waals surface area contributed by atoms with E-state index in [9.17, 15) is 9.59 Å². The van der Waals surface area contributed by atoms with Crippen molar-refractivity contribution in [3.63, 3.8) is 0 Å². The lowest BCUT2D eigenvalue weighted by Crippen LogP contribution is -2.45. The first kappa shape index (κ1) is 18.3. The minimum absolute atomic E-state index is 0.180. The lowest BCUT2D eigenvalue weighted by molar-refractivity contribution is -0.125. The number of anilines is 1. The predicted molar refractivity (Wildman–Crippen MR) is 95.2 cm³/mol. The number of hydrogen-bond donors (Lipinski definition) is 1. The van der Waals surface area contributed by atoms with Crippen LogP contribution in [0.5, 0.6) is 0 Å². The van der Waals surface area contributed by atoms with Gasteiger partial charge in [0.1, 0.15) is 0 Å². The van der Waals surface area contributed by atoms with Crippen molar-refractivity contribution in [2.24, 2.45) is 11.8 Å². The molecule has 1 amide bonds. The van der Waals surface area contributed by atoms with E-state index in [0.29, 0.717) is 17.4 Å². The van der Waals surface area contributed by atoms with E-state index in [1.54, 1.807) is 12.1 Å². The van der Waals surface area contributed by atoms with Crippen LogP contribution in [0.1, 0.15) is 43.5 Å². The van der Waals surface area contributed by atoms with Gasteiger partial charge in [0.25, 0.3) is 5.91 Å². The molecule has 1 aromatic rings. The SMILES string of the molecule is C[C@@H]1[C@H](C)CCC[C@@H]1NC(=O)COC(=O)c1ccc(N(C)C)cc1. The van der Waals surface area contributed by atoms with Gasteiger partial charge < -0.3 is 15.0 Å². The van der Waals surface area contributed by atoms with E-state index in [2.05, 4.69) is 19.2 Å². The van der Waals surface area contributed by atoms with Crippen LogP contribution >= 0.6 is 0 Å². The number of ether oxygens (including phenoxy) is 1. The zero-order valence-corrected chi connectivity index (χ0v) is 15.0. The second-order valence-electron chi connectivity index (χ2n) is 6.96. The first-order valence-corrected chi connectivity index (χ1v) is 8.62. The second-order valence-corrected chi connectivity index (χ2v) is 6.96. The molecule has 1 aliphatic carbocycles. The first-order valence-electron chi connectivity index (χ1n) is 8.62. The molecule has 0 bridgehead atoms. The summed E-state index contributed by atoms with van der Waals surface area (Å²) in [5, 5.41) is 3.01. The third-order valence-corrected chi connectivity index (χ3v) is 5.01. The van der Waals surface area contributed by atoms with Crippen molar-refractivity contribution in [1.82, 2.24) is 5.32 Å². The van der Waals surface area contributed by atoms with Crippen LogP contribution in [-0.4, -0.2) is 38.6 Å². The zero-order valence-electron chi connectivity index (χ0n) is 15.0. The first-order chi connectivity index (χ1) is 11.4. The second kappa shape index (κ2) is 8.18. The lowest BCUT2D eigenvalue weighted by atomic mass is 9.78. The standard InChI is InChI=1S/C19H28N2O3/c1-13-6-5-7-17(14(13)2)20-18(22)12-24-19(23)15-8-10-16(11-9-15)21(3)4/h8-11,13-14,17H,5-7,12H2,1-4H3,(H,20,22)/t13-,14-,17+/m1/s1. The van der Waals surface area contributed by atoms with Crippen LogP contribution in [-0.2, 0) is 9.53 Å². The van der Waals surface area contributed by atoms with Crippen LogP contribution < -0.4 is 10.2 Å². The van der Waals surface area contributed by atoms with Crippen LogP contribution in [0.25, 0.3) is 0 Å². The molecule has 5 heteroatoms. The summed E-state index contributed by atoms with van der Waals surface area (Å²) < 4.78 is 5.13. The number of nitrogens with zero attached hydrogens (tertiary/aromatic N) is 1. The van der Waals surface area contributed by atoms with Gasteiger partial charge in [0.15, 0.2) is 6.61 Å². The topological polar surface area (TPSA) is 58.6 Å². The van der Waals surface area contributed by atoms with Crippen LogP contribution in [0.3, 0.4) is 0 Å². The van der Waals surface area contributed by atoms with Crippen molar-refractivity contribution in [3.05, 3.63) is 29.8 Å². The molecule has 5 nitrogen and oxygen atoms in total. The highest BCUT2D eigenvalue weighted by molar-refractivity contribution is 5.91. The molecule has 0 radical (unpaired) electrons. The Morgan fingerprint density at radius 3 is 2.46 bits per heavy atom. The smallest absolute Gasteiger partial charge is 0.338 e. The normalized spacial score (nSPS) is 23.4. The molecule has 0 aliphatic heterocycles. The van der Waals surface area contributed by atoms with Gasteiger partial charge in [-0.15, -0.1) is 0 Å². The number of benzene rings is 1. The van der Waals surface area contributed by atoms with E-state index < -0.39 is 5.97 Å². The monoisotopic (exact) mass is 332 g/mol. The fourth-order valence-corrected chi connectivity index (χ4v) is 3.14. The Hall–Kier alpha value is -2.04. The molecule has 1 N–H and O–H groups in total. The van der Waals surface area contributed by atoms with Crippen molar-refractivity contribution >= 4 is 17.6 Å². The van der Waals surface area contributed by atoms with Crippen molar-refractivity contribution < 1.29 is 14.3 Å². The zero-order chi connectivity index (χ0) is 17.7. The van der Waals surface area contributed by atoms with Gasteiger partial charge in [-0.05, 0) is 42.5 Å². The highest BCUT2D eigenvalue weighted by atomic mass is 16.5. The molecular formula is C19H28N2O3. The molecule has 2 rings (SSSR count). The van der Waals surface area contributed by atoms with Gasteiger partial charge in [-0.3, -0.25) is 4.79 Å². The summed E-state index contributed by atoms with van der Waals surface area (Å²) in [7, 11) is 3.87. The average Bonchev–Trinajstić information content (AvgIpc) is 2.57. The van der Waals surface area contributed by atoms with Gasteiger partial charge in [0, 0.05) is 25.8 Å². The summed E-state index contributed by atoms with van der Waals surface area (Å²) in [4.78, 5) is 26.0. The number of nitrogens with one attached hydrogen (secondary N) is 1. The molecule has 0 unspecified atom stereocenters. The minimum Gasteiger partial charge on any atom is -0.452 e. The molecule has 24 heavy (non-hydrogen) atoms. The van der Waals surface area contributed by atoms with Crippen molar-refractivity contribution in [1.29, 1.82) is 0 Å². The van der Waals surface area contributed by atoms with E-state index in [1.807, 2.05) is 31.1 Å². The third kappa shape index (κ3) is 4.73. The summed E-state index contributed by atoms with van der Waals surface area (Å²) >= 11 is 0. The van der Waals surface area contributed by atoms with Crippen LogP contribution in [0.4, 0.5) is 5.69 Å². The maximum atomic E-state index is 12.0. The van der Waals surface area contributed by atoms with Crippen molar-refractivity contribution in [2.45, 2.75) is 39.2 Å². The number of rotatable bonds is 5. The molecule has 0 saturated heterocycles. The van der Waals surface area contributed by atoms with Crippen LogP contribution in [0.15, 0.2) is 24.3 Å². The fraction of sp³-hybridized carbons (Fsp3) is 0.579. The Labute approximate surface area is 144 Å². The van der Waals surface area contributed by atoms with Gasteiger partial charge in [0.2, 0.25) is 0 Å². The Balaban J connectivity index is 1.81. The van der Waals surface area contributed by atoms with Crippen LogP contribution in [0, 0.1) is 11.8 Å². The van der Waals surface area contributed by atoms with E-state index in [-0.39, 0.29) is 18.6 Å². The molecule has 1 fully saturated rings. The molecule has 3 atom stereocenters. The number of esters is 1. The third-order valence-electron chi connectivity index (χ3n) is 5.01. The summed E-state index contributed by atoms with van der Waals surface area (Å²) in [5.41, 5.74) is 1.46. The fourth-order valence-electron chi connectivity index (χ4n) is 3.14. The number of carbonyl (C=O) groups excluding carboxylic acids is 2. The molecule has 0 aromatic heterocycles. The lowest BCUT2D eigenvalue weighted by Gasteiger charge is -2.34. The van der Waals surface area contributed by atoms with E-state index in [0.717, 1.165) is 18.5 Å². The molecule has 0 heterocycles. The molecule has 132 valence electrons. The van der Waals surface area contributed by atoms with E-state index in [4.69, 9.17) is 4.74 Å². The van der Waals surface area contributed by atoms with Gasteiger partial charge in [-0.1, -0.05) is 26.7 Å². The van der Waals surface area contributed by atoms with Gasteiger partial charge in [-0.25, -0.2) is 4.79 Å². The number of amides is 1. The van der Waals surface area contributed by atoms with Crippen molar-refractivity contribution in [2.75, 3.05) is 25.6 Å². The average molecular weight is 332 g/mol. The van der Waals surface area contributed by atoms with E-state index >= 15 is 0 Å². The largest absolute Gasteiger partial charge is 0.452 e. The highest BCUT2D eigenvalue weighted by Crippen LogP contribution is 2.29. The Morgan fingerprint density at radius 1 is 1.17 bits per heavy atom. The maximum absolute atomic E-state index is 12.0. The maximum Gasteiger partial charge on any atom is 0.338 e. The Bertz CT molecular complexity index is 568. The molecule has 1 aliphatic rings. The van der Waals surface area contributed by atoms with Crippen LogP contribution in [0.2, 0.25) is 0 Å². The molecular weight excluding hydrogens is 304 g/mol. The number of carbonyl (C=O) groups is 2. The van der Waals surface area contributed by atoms with Gasteiger partial charge in [-0.2, -0.15) is 0 Å². The van der Waals surface area contributed by atoms with E-state index in [1.165, 1.54) is 6.42 Å². The van der Waals surface area contributed by atoms with Crippen molar-refractivity contribution in [3.8, 4) is 0 Å². The summed E-state index contributed by atoms with van der Waals surface area (Å²) in [5.74, 6) is 0.374. The molecule has 1 saturated carbocycles. The van der Waals surface area contributed by atoms with Gasteiger partial charge >= 0.3 is 5.97 Å². The number of hydrogen-bond acceptors (Lipinski definition) is 4.